The van der Waals surface area contributed by atoms with E-state index in [0.717, 1.165) is 6.92 Å². The first-order valence-electron chi connectivity index (χ1n) is 4.06. The van der Waals surface area contributed by atoms with Crippen LogP contribution in [0.2, 0.25) is 0 Å². The van der Waals surface area contributed by atoms with E-state index in [4.69, 9.17) is 0 Å². The first-order valence-corrected chi connectivity index (χ1v) is 4.06. The van der Waals surface area contributed by atoms with Crippen molar-refractivity contribution in [1.82, 2.24) is 0 Å². The first kappa shape index (κ1) is 14.8. The monoisotopic (exact) mass is 250 g/mol. The lowest BCUT2D eigenvalue weighted by Gasteiger charge is -2.14. The Bertz CT molecular complexity index is 299. The summed E-state index contributed by atoms with van der Waals surface area (Å²) in [4.78, 5) is 10.7. The summed E-state index contributed by atoms with van der Waals surface area (Å²) in [6.45, 7) is 2.20. The van der Waals surface area contributed by atoms with Crippen molar-refractivity contribution in [1.29, 1.82) is 0 Å². The molecule has 0 heterocycles. The Hall–Kier alpha value is -1.21. The predicted molar refractivity (Wildman–Crippen MR) is 41.2 cm³/mol. The zero-order valence-corrected chi connectivity index (χ0v) is 8.29. The van der Waals surface area contributed by atoms with E-state index in [0.29, 0.717) is 0 Å². The molecule has 0 unspecified atom stereocenters. The number of ether oxygens (including phenoxy) is 1. The summed E-state index contributed by atoms with van der Waals surface area (Å²) >= 11 is 0. The number of carbonyl (C=O) groups excluding carboxylic acids is 1. The maximum Gasteiger partial charge on any atom is 0.575 e. The van der Waals surface area contributed by atoms with Crippen molar-refractivity contribution in [3.8, 4) is 0 Å². The van der Waals surface area contributed by atoms with E-state index >= 15 is 0 Å². The fourth-order valence-corrected chi connectivity index (χ4v) is 0.865. The molecule has 0 atom stereocenters. The van der Waals surface area contributed by atoms with E-state index in [1.54, 1.807) is 0 Å². The highest BCUT2D eigenvalue weighted by Gasteiger charge is 2.45. The Balaban J connectivity index is 5.19. The van der Waals surface area contributed by atoms with Crippen LogP contribution in [0, 0.1) is 0 Å². The molecule has 0 spiro atoms. The van der Waals surface area contributed by atoms with Crippen molar-refractivity contribution in [3.63, 3.8) is 0 Å². The van der Waals surface area contributed by atoms with Gasteiger partial charge in [-0.3, -0.25) is 0 Å². The third kappa shape index (κ3) is 4.54. The van der Waals surface area contributed by atoms with Crippen molar-refractivity contribution in [2.75, 3.05) is 0 Å². The molecule has 0 saturated heterocycles. The smallest absolute Gasteiger partial charge is 0.369 e. The van der Waals surface area contributed by atoms with Crippen molar-refractivity contribution >= 4 is 5.97 Å². The minimum atomic E-state index is -5.43. The molecule has 0 aliphatic heterocycles. The van der Waals surface area contributed by atoms with E-state index in [-0.39, 0.29) is 6.42 Å². The highest BCUT2D eigenvalue weighted by Crippen LogP contribution is 2.32. The van der Waals surface area contributed by atoms with Crippen LogP contribution in [-0.4, -0.2) is 18.5 Å². The molecule has 0 radical (unpaired) electrons. The maximum atomic E-state index is 12.3. The number of allylic oxidation sites excluding steroid dienone is 1. The molecule has 16 heavy (non-hydrogen) atoms. The second-order valence-electron chi connectivity index (χ2n) is 2.84. The summed E-state index contributed by atoms with van der Waals surface area (Å²) in [7, 11) is 0. The van der Waals surface area contributed by atoms with E-state index in [2.05, 4.69) is 4.74 Å². The maximum absolute atomic E-state index is 12.3. The van der Waals surface area contributed by atoms with Crippen LogP contribution in [0.1, 0.15) is 20.3 Å². The van der Waals surface area contributed by atoms with E-state index < -0.39 is 29.7 Å². The quantitative estimate of drug-likeness (QED) is 0.427. The molecule has 0 amide bonds. The van der Waals surface area contributed by atoms with E-state index in [1.165, 1.54) is 6.92 Å². The van der Waals surface area contributed by atoms with Gasteiger partial charge in [-0.05, 0) is 13.3 Å². The lowest BCUT2D eigenvalue weighted by molar-refractivity contribution is -0.305. The van der Waals surface area contributed by atoms with Gasteiger partial charge < -0.3 is 4.74 Å². The van der Waals surface area contributed by atoms with Crippen LogP contribution in [0.4, 0.5) is 26.3 Å². The molecule has 0 rings (SSSR count). The summed E-state index contributed by atoms with van der Waals surface area (Å²) in [5.74, 6) is -2.43. The molecular weight excluding hydrogens is 242 g/mol. The van der Waals surface area contributed by atoms with Crippen molar-refractivity contribution in [2.45, 2.75) is 32.8 Å². The van der Waals surface area contributed by atoms with Crippen molar-refractivity contribution in [2.24, 2.45) is 0 Å². The third-order valence-electron chi connectivity index (χ3n) is 1.65. The first-order chi connectivity index (χ1) is 6.99. The SMILES string of the molecule is CCC(C)=C(C(=O)OC(F)(F)F)C(F)(F)F. The second kappa shape index (κ2) is 4.75. The van der Waals surface area contributed by atoms with E-state index in [9.17, 15) is 31.1 Å². The van der Waals surface area contributed by atoms with Gasteiger partial charge in [0.1, 0.15) is 5.57 Å². The lowest BCUT2D eigenvalue weighted by atomic mass is 10.1. The predicted octanol–water partition coefficient (Wildman–Crippen LogP) is 3.34. The zero-order chi connectivity index (χ0) is 13.1. The highest BCUT2D eigenvalue weighted by molar-refractivity contribution is 5.90. The van der Waals surface area contributed by atoms with Crippen LogP contribution in [0.3, 0.4) is 0 Å². The minimum Gasteiger partial charge on any atom is -0.369 e. The van der Waals surface area contributed by atoms with Crippen LogP contribution in [-0.2, 0) is 9.53 Å². The summed E-state index contributed by atoms with van der Waals surface area (Å²) in [5.41, 5.74) is -2.42. The Morgan fingerprint density at radius 1 is 1.12 bits per heavy atom. The highest BCUT2D eigenvalue weighted by atomic mass is 19.4. The van der Waals surface area contributed by atoms with Gasteiger partial charge in [0, 0.05) is 0 Å². The second-order valence-corrected chi connectivity index (χ2v) is 2.84. The minimum absolute atomic E-state index is 0.207. The largest absolute Gasteiger partial charge is 0.575 e. The third-order valence-corrected chi connectivity index (χ3v) is 1.65. The van der Waals surface area contributed by atoms with Gasteiger partial charge in [-0.1, -0.05) is 12.5 Å². The summed E-state index contributed by atoms with van der Waals surface area (Å²) < 4.78 is 74.3. The van der Waals surface area contributed by atoms with Crippen LogP contribution < -0.4 is 0 Å². The molecule has 0 aromatic carbocycles. The molecule has 0 aliphatic rings. The molecule has 0 N–H and O–H groups in total. The summed E-state index contributed by atoms with van der Waals surface area (Å²) in [6.07, 6.45) is -10.8. The molecular formula is C8H8F6O2. The van der Waals surface area contributed by atoms with Gasteiger partial charge in [-0.2, -0.15) is 13.2 Å². The molecule has 0 aromatic heterocycles. The van der Waals surface area contributed by atoms with Crippen LogP contribution in [0.5, 0.6) is 0 Å². The fraction of sp³-hybridized carbons (Fsp3) is 0.625. The van der Waals surface area contributed by atoms with Gasteiger partial charge in [0.2, 0.25) is 0 Å². The topological polar surface area (TPSA) is 26.3 Å². The lowest BCUT2D eigenvalue weighted by Crippen LogP contribution is -2.28. The average molecular weight is 250 g/mol. The fourth-order valence-electron chi connectivity index (χ4n) is 0.865. The van der Waals surface area contributed by atoms with Gasteiger partial charge in [-0.25, -0.2) is 4.79 Å². The van der Waals surface area contributed by atoms with E-state index in [1.807, 2.05) is 0 Å². The molecule has 94 valence electrons. The molecule has 0 fully saturated rings. The van der Waals surface area contributed by atoms with Gasteiger partial charge in [0.15, 0.2) is 0 Å². The van der Waals surface area contributed by atoms with Crippen molar-refractivity contribution < 1.29 is 35.9 Å². The number of halogens is 6. The number of hydrogen-bond acceptors (Lipinski definition) is 2. The Kier molecular flexibility index (Phi) is 4.39. The summed E-state index contributed by atoms with van der Waals surface area (Å²) in [5, 5.41) is 0. The van der Waals surface area contributed by atoms with Crippen LogP contribution in [0.15, 0.2) is 11.1 Å². The number of alkyl halides is 6. The molecule has 0 bridgehead atoms. The van der Waals surface area contributed by atoms with Gasteiger partial charge in [0.25, 0.3) is 0 Å². The Morgan fingerprint density at radius 2 is 1.56 bits per heavy atom. The van der Waals surface area contributed by atoms with Crippen LogP contribution >= 0.6 is 0 Å². The van der Waals surface area contributed by atoms with Gasteiger partial charge >= 0.3 is 18.5 Å². The molecule has 0 saturated carbocycles. The normalized spacial score (nSPS) is 14.5. The standard InChI is InChI=1S/C8H8F6O2/c1-3-4(2)5(7(9,10)11)6(15)16-8(12,13)14/h3H2,1-2H3. The number of esters is 1. The van der Waals surface area contributed by atoms with Gasteiger partial charge in [0.05, 0.1) is 0 Å². The molecule has 0 aromatic rings. The molecule has 2 nitrogen and oxygen atoms in total. The molecule has 8 heteroatoms. The average Bonchev–Trinajstić information content (AvgIpc) is 1.97. The van der Waals surface area contributed by atoms with Crippen molar-refractivity contribution in [3.05, 3.63) is 11.1 Å². The molecule has 0 aliphatic carbocycles. The Morgan fingerprint density at radius 3 is 1.81 bits per heavy atom. The number of carbonyl (C=O) groups is 1. The number of hydrogen-bond donors (Lipinski definition) is 0. The number of rotatable bonds is 2. The van der Waals surface area contributed by atoms with Gasteiger partial charge in [-0.15, -0.1) is 13.2 Å². The summed E-state index contributed by atoms with van der Waals surface area (Å²) in [6, 6.07) is 0. The Labute approximate surface area is 86.9 Å². The zero-order valence-electron chi connectivity index (χ0n) is 8.29. The van der Waals surface area contributed by atoms with Crippen LogP contribution in [0.25, 0.3) is 0 Å².